The van der Waals surface area contributed by atoms with E-state index in [0.29, 0.717) is 12.1 Å². The van der Waals surface area contributed by atoms with Crippen LogP contribution in [0.1, 0.15) is 14.5 Å². The van der Waals surface area contributed by atoms with E-state index in [1.165, 1.54) is 20.4 Å². The highest BCUT2D eigenvalue weighted by molar-refractivity contribution is 7.13. The van der Waals surface area contributed by atoms with E-state index in [2.05, 4.69) is 5.10 Å². The van der Waals surface area contributed by atoms with Crippen LogP contribution in [0, 0.1) is 0 Å². The Kier molecular flexibility index (Phi) is 2.68. The minimum absolute atomic E-state index is 0.148. The SMILES string of the molecule is O=C(O)c1ccc(Cn2ccn3nccc3c2=O)s1. The maximum Gasteiger partial charge on any atom is 0.345 e. The number of carbonyl (C=O) groups is 1. The third-order valence-corrected chi connectivity index (χ3v) is 3.79. The Labute approximate surface area is 111 Å². The number of aromatic nitrogens is 3. The lowest BCUT2D eigenvalue weighted by Crippen LogP contribution is -2.21. The Hall–Kier alpha value is -2.41. The van der Waals surface area contributed by atoms with Crippen molar-refractivity contribution in [2.45, 2.75) is 6.54 Å². The Bertz CT molecular complexity index is 815. The van der Waals surface area contributed by atoms with Crippen LogP contribution in [0.5, 0.6) is 0 Å². The molecule has 3 rings (SSSR count). The highest BCUT2D eigenvalue weighted by Crippen LogP contribution is 2.17. The topological polar surface area (TPSA) is 76.6 Å². The second-order valence-corrected chi connectivity index (χ2v) is 5.13. The standard InChI is InChI=1S/C12H9N3O3S/c16-11-9-3-4-13-15(9)6-5-14(11)7-8-1-2-10(19-8)12(17)18/h1-6H,7H2,(H,17,18). The second-order valence-electron chi connectivity index (χ2n) is 3.96. The van der Waals surface area contributed by atoms with Crippen LogP contribution in [-0.4, -0.2) is 25.3 Å². The van der Waals surface area contributed by atoms with E-state index in [0.717, 1.165) is 4.88 Å². The molecule has 3 heterocycles. The zero-order chi connectivity index (χ0) is 13.4. The third kappa shape index (κ3) is 2.04. The summed E-state index contributed by atoms with van der Waals surface area (Å²) in [6.45, 7) is 0.360. The highest BCUT2D eigenvalue weighted by atomic mass is 32.1. The molecule has 0 aliphatic rings. The van der Waals surface area contributed by atoms with Crippen molar-refractivity contribution in [3.8, 4) is 0 Å². The lowest BCUT2D eigenvalue weighted by molar-refractivity contribution is 0.0702. The zero-order valence-electron chi connectivity index (χ0n) is 9.68. The number of carboxylic acids is 1. The number of aromatic carboxylic acids is 1. The van der Waals surface area contributed by atoms with E-state index in [1.807, 2.05) is 0 Å². The zero-order valence-corrected chi connectivity index (χ0v) is 10.5. The van der Waals surface area contributed by atoms with Crippen molar-refractivity contribution in [2.75, 3.05) is 0 Å². The molecule has 0 unspecified atom stereocenters. The van der Waals surface area contributed by atoms with E-state index >= 15 is 0 Å². The summed E-state index contributed by atoms with van der Waals surface area (Å²) < 4.78 is 3.05. The van der Waals surface area contributed by atoms with Gasteiger partial charge in [-0.25, -0.2) is 9.31 Å². The molecule has 0 saturated heterocycles. The number of nitrogens with zero attached hydrogens (tertiary/aromatic N) is 3. The summed E-state index contributed by atoms with van der Waals surface area (Å²) in [4.78, 5) is 24.0. The van der Waals surface area contributed by atoms with E-state index < -0.39 is 5.97 Å². The van der Waals surface area contributed by atoms with Gasteiger partial charge in [0.1, 0.15) is 10.4 Å². The summed E-state index contributed by atoms with van der Waals surface area (Å²) in [5.74, 6) is -0.949. The second kappa shape index (κ2) is 4.36. The summed E-state index contributed by atoms with van der Waals surface area (Å²) in [5.41, 5.74) is 0.350. The van der Waals surface area contributed by atoms with Gasteiger partial charge in [-0.2, -0.15) is 5.10 Å². The van der Waals surface area contributed by atoms with Crippen molar-refractivity contribution >= 4 is 22.8 Å². The van der Waals surface area contributed by atoms with Crippen molar-refractivity contribution in [3.05, 3.63) is 56.9 Å². The predicted octanol–water partition coefficient (Wildman–Crippen LogP) is 1.30. The number of hydrogen-bond acceptors (Lipinski definition) is 4. The molecule has 0 radical (unpaired) electrons. The maximum atomic E-state index is 12.1. The molecule has 6 nitrogen and oxygen atoms in total. The van der Waals surface area contributed by atoms with Crippen LogP contribution in [0.2, 0.25) is 0 Å². The van der Waals surface area contributed by atoms with Gasteiger partial charge >= 0.3 is 5.97 Å². The number of carboxylic acid groups (broad SMARTS) is 1. The van der Waals surface area contributed by atoms with Gasteiger partial charge in [-0.3, -0.25) is 4.79 Å². The molecule has 0 aliphatic carbocycles. The summed E-state index contributed by atoms with van der Waals surface area (Å²) in [5, 5.41) is 12.8. The first-order chi connectivity index (χ1) is 9.15. The fraction of sp³-hybridized carbons (Fsp3) is 0.0833. The molecule has 3 aromatic heterocycles. The molecular weight excluding hydrogens is 266 g/mol. The smallest absolute Gasteiger partial charge is 0.345 e. The minimum atomic E-state index is -0.949. The first-order valence-corrected chi connectivity index (χ1v) is 6.31. The number of thiophene rings is 1. The average Bonchev–Trinajstić information content (AvgIpc) is 3.01. The van der Waals surface area contributed by atoms with Crippen LogP contribution in [0.25, 0.3) is 5.52 Å². The summed E-state index contributed by atoms with van der Waals surface area (Å²) in [6.07, 6.45) is 4.90. The molecule has 0 saturated carbocycles. The summed E-state index contributed by atoms with van der Waals surface area (Å²) >= 11 is 1.17. The van der Waals surface area contributed by atoms with Crippen LogP contribution in [-0.2, 0) is 6.54 Å². The molecule has 0 aliphatic heterocycles. The van der Waals surface area contributed by atoms with Crippen molar-refractivity contribution in [1.82, 2.24) is 14.2 Å². The van der Waals surface area contributed by atoms with Gasteiger partial charge in [0.25, 0.3) is 5.56 Å². The Balaban J connectivity index is 1.98. The van der Waals surface area contributed by atoms with Gasteiger partial charge in [0.2, 0.25) is 0 Å². The van der Waals surface area contributed by atoms with Crippen LogP contribution in [0.15, 0.2) is 41.6 Å². The van der Waals surface area contributed by atoms with Crippen LogP contribution >= 0.6 is 11.3 Å². The fourth-order valence-electron chi connectivity index (χ4n) is 1.83. The molecule has 0 spiro atoms. The highest BCUT2D eigenvalue weighted by Gasteiger charge is 2.09. The van der Waals surface area contributed by atoms with Crippen LogP contribution in [0.3, 0.4) is 0 Å². The molecule has 3 aromatic rings. The van der Waals surface area contributed by atoms with Gasteiger partial charge in [-0.05, 0) is 18.2 Å². The lowest BCUT2D eigenvalue weighted by atomic mass is 10.4. The molecule has 7 heteroatoms. The maximum absolute atomic E-state index is 12.1. The van der Waals surface area contributed by atoms with Gasteiger partial charge in [0, 0.05) is 17.3 Å². The van der Waals surface area contributed by atoms with E-state index in [-0.39, 0.29) is 10.4 Å². The van der Waals surface area contributed by atoms with Gasteiger partial charge in [-0.15, -0.1) is 11.3 Å². The monoisotopic (exact) mass is 275 g/mol. The van der Waals surface area contributed by atoms with Gasteiger partial charge in [0.05, 0.1) is 12.7 Å². The van der Waals surface area contributed by atoms with E-state index in [9.17, 15) is 9.59 Å². The Morgan fingerprint density at radius 3 is 2.89 bits per heavy atom. The molecular formula is C12H9N3O3S. The average molecular weight is 275 g/mol. The van der Waals surface area contributed by atoms with E-state index in [4.69, 9.17) is 5.11 Å². The first-order valence-electron chi connectivity index (χ1n) is 5.50. The van der Waals surface area contributed by atoms with Crippen molar-refractivity contribution in [2.24, 2.45) is 0 Å². The molecule has 1 N–H and O–H groups in total. The van der Waals surface area contributed by atoms with Gasteiger partial charge in [-0.1, -0.05) is 0 Å². The third-order valence-electron chi connectivity index (χ3n) is 2.74. The fourth-order valence-corrected chi connectivity index (χ4v) is 2.68. The summed E-state index contributed by atoms with van der Waals surface area (Å²) in [6, 6.07) is 4.92. The van der Waals surface area contributed by atoms with Crippen LogP contribution < -0.4 is 5.56 Å². The largest absolute Gasteiger partial charge is 0.477 e. The molecule has 0 bridgehead atoms. The number of hydrogen-bond donors (Lipinski definition) is 1. The van der Waals surface area contributed by atoms with Gasteiger partial charge < -0.3 is 9.67 Å². The Morgan fingerprint density at radius 1 is 1.32 bits per heavy atom. The Morgan fingerprint density at radius 2 is 2.16 bits per heavy atom. The quantitative estimate of drug-likeness (QED) is 0.781. The van der Waals surface area contributed by atoms with Crippen molar-refractivity contribution in [1.29, 1.82) is 0 Å². The minimum Gasteiger partial charge on any atom is -0.477 e. The van der Waals surface area contributed by atoms with Crippen molar-refractivity contribution in [3.63, 3.8) is 0 Å². The van der Waals surface area contributed by atoms with E-state index in [1.54, 1.807) is 36.8 Å². The normalized spacial score (nSPS) is 10.9. The molecule has 0 amide bonds. The molecule has 19 heavy (non-hydrogen) atoms. The van der Waals surface area contributed by atoms with Crippen LogP contribution in [0.4, 0.5) is 0 Å². The van der Waals surface area contributed by atoms with Crippen molar-refractivity contribution < 1.29 is 9.90 Å². The molecule has 0 fully saturated rings. The number of rotatable bonds is 3. The predicted molar refractivity (Wildman–Crippen MR) is 69.8 cm³/mol. The van der Waals surface area contributed by atoms with Gasteiger partial charge in [0.15, 0.2) is 0 Å². The molecule has 0 atom stereocenters. The lowest BCUT2D eigenvalue weighted by Gasteiger charge is -2.03. The molecule has 96 valence electrons. The molecule has 0 aromatic carbocycles. The number of fused-ring (bicyclic) bond motifs is 1. The first kappa shape index (κ1) is 11.7. The summed E-state index contributed by atoms with van der Waals surface area (Å²) in [7, 11) is 0.